The number of amides is 2. The Balaban J connectivity index is 1.53. The van der Waals surface area contributed by atoms with Crippen LogP contribution in [0.15, 0.2) is 24.3 Å². The van der Waals surface area contributed by atoms with Gasteiger partial charge in [-0.25, -0.2) is 0 Å². The minimum absolute atomic E-state index is 0.0531. The van der Waals surface area contributed by atoms with E-state index < -0.39 is 11.7 Å². The van der Waals surface area contributed by atoms with Crippen molar-refractivity contribution < 1.29 is 22.8 Å². The Morgan fingerprint density at radius 1 is 0.913 bits per heavy atom. The second-order valence-corrected chi connectivity index (χ2v) is 7.24. The molecule has 1 aliphatic heterocycles. The number of halogens is 3. The summed E-state index contributed by atoms with van der Waals surface area (Å²) in [7, 11) is 0. The Labute approximate surface area is 130 Å². The van der Waals surface area contributed by atoms with Gasteiger partial charge in [0, 0.05) is 0 Å². The number of benzene rings is 1. The van der Waals surface area contributed by atoms with E-state index in [4.69, 9.17) is 0 Å². The normalized spacial score (nSPS) is 40.6. The van der Waals surface area contributed by atoms with E-state index in [1.54, 1.807) is 0 Å². The highest BCUT2D eigenvalue weighted by Crippen LogP contribution is 2.71. The lowest BCUT2D eigenvalue weighted by atomic mass is 9.81. The van der Waals surface area contributed by atoms with Crippen LogP contribution >= 0.6 is 0 Å². The van der Waals surface area contributed by atoms with E-state index >= 15 is 0 Å². The van der Waals surface area contributed by atoms with E-state index in [2.05, 4.69) is 0 Å². The summed E-state index contributed by atoms with van der Waals surface area (Å²) in [5.74, 6) is 0.481. The van der Waals surface area contributed by atoms with Crippen LogP contribution in [0.3, 0.4) is 0 Å². The van der Waals surface area contributed by atoms with E-state index in [1.165, 1.54) is 12.1 Å². The molecule has 0 N–H and O–H groups in total. The van der Waals surface area contributed by atoms with Crippen molar-refractivity contribution in [3.63, 3.8) is 0 Å². The number of hydrogen-bond acceptors (Lipinski definition) is 2. The first-order chi connectivity index (χ1) is 10.9. The molecule has 3 nitrogen and oxygen atoms in total. The van der Waals surface area contributed by atoms with Gasteiger partial charge in [-0.15, -0.1) is 0 Å². The van der Waals surface area contributed by atoms with Crippen molar-refractivity contribution >= 4 is 17.5 Å². The number of imide groups is 1. The van der Waals surface area contributed by atoms with E-state index in [9.17, 15) is 22.8 Å². The van der Waals surface area contributed by atoms with Gasteiger partial charge in [0.1, 0.15) is 0 Å². The molecular formula is C17H14F3NO2. The van der Waals surface area contributed by atoms with Crippen molar-refractivity contribution in [3.05, 3.63) is 29.8 Å². The van der Waals surface area contributed by atoms with Gasteiger partial charge in [0.15, 0.2) is 0 Å². The van der Waals surface area contributed by atoms with Crippen LogP contribution < -0.4 is 4.90 Å². The molecule has 23 heavy (non-hydrogen) atoms. The predicted molar refractivity (Wildman–Crippen MR) is 74.1 cm³/mol. The molecule has 0 spiro atoms. The second-order valence-electron chi connectivity index (χ2n) is 7.24. The quantitative estimate of drug-likeness (QED) is 0.746. The Kier molecular flexibility index (Phi) is 2.34. The highest BCUT2D eigenvalue weighted by atomic mass is 19.4. The first-order valence-electron chi connectivity index (χ1n) is 7.93. The molecule has 2 bridgehead atoms. The molecule has 120 valence electrons. The lowest BCUT2D eigenvalue weighted by molar-refractivity contribution is -0.137. The van der Waals surface area contributed by atoms with E-state index in [0.717, 1.165) is 29.9 Å². The molecule has 2 amide bonds. The minimum Gasteiger partial charge on any atom is -0.274 e. The van der Waals surface area contributed by atoms with Crippen molar-refractivity contribution in [1.29, 1.82) is 0 Å². The summed E-state index contributed by atoms with van der Waals surface area (Å²) in [5, 5.41) is 0. The maximum atomic E-state index is 12.9. The standard InChI is InChI=1S/C17H14F3NO2/c18-17(19,20)7-2-1-3-8(4-7)21-15(22)13-11-6-12(10-5-9(10)11)14(13)16(21)23/h1-4,9-14H,5-6H2/t9-,10+,11-,12+,13+,14-. The van der Waals surface area contributed by atoms with Crippen molar-refractivity contribution in [2.24, 2.45) is 35.5 Å². The topological polar surface area (TPSA) is 37.4 Å². The number of fused-ring (bicyclic) bond motifs is 8. The monoisotopic (exact) mass is 321 g/mol. The van der Waals surface area contributed by atoms with Gasteiger partial charge in [0.05, 0.1) is 23.1 Å². The third-order valence-electron chi connectivity index (χ3n) is 6.29. The third kappa shape index (κ3) is 1.61. The number of carbonyl (C=O) groups is 2. The molecule has 0 unspecified atom stereocenters. The summed E-state index contributed by atoms with van der Waals surface area (Å²) in [4.78, 5) is 26.5. The van der Waals surface area contributed by atoms with Gasteiger partial charge in [-0.1, -0.05) is 6.07 Å². The summed E-state index contributed by atoms with van der Waals surface area (Å²) in [5.41, 5.74) is -0.782. The van der Waals surface area contributed by atoms with Crippen LogP contribution in [0.4, 0.5) is 18.9 Å². The maximum absolute atomic E-state index is 12.9. The Morgan fingerprint density at radius 2 is 1.48 bits per heavy atom. The average Bonchev–Trinajstić information content (AvgIpc) is 3.01. The van der Waals surface area contributed by atoms with Crippen molar-refractivity contribution in [2.75, 3.05) is 4.90 Å². The zero-order chi connectivity index (χ0) is 16.1. The molecule has 1 saturated heterocycles. The molecule has 6 atom stereocenters. The molecule has 6 heteroatoms. The fourth-order valence-corrected chi connectivity index (χ4v) is 5.40. The molecule has 3 aliphatic carbocycles. The number of carbonyl (C=O) groups excluding carboxylic acids is 2. The summed E-state index contributed by atoms with van der Waals surface area (Å²) >= 11 is 0. The van der Waals surface area contributed by atoms with Crippen molar-refractivity contribution in [1.82, 2.24) is 0 Å². The van der Waals surface area contributed by atoms with Gasteiger partial charge in [0.2, 0.25) is 11.8 Å². The van der Waals surface area contributed by atoms with Crippen LogP contribution in [-0.4, -0.2) is 11.8 Å². The SMILES string of the molecule is O=C1[C@@H]2[C@H]3C[C@H]([C@@H]4C[C@@H]43)[C@@H]2C(=O)N1c1cccc(C(F)(F)F)c1. The molecule has 0 radical (unpaired) electrons. The van der Waals surface area contributed by atoms with Gasteiger partial charge in [0.25, 0.3) is 0 Å². The maximum Gasteiger partial charge on any atom is 0.416 e. The highest BCUT2D eigenvalue weighted by Gasteiger charge is 2.72. The van der Waals surface area contributed by atoms with Crippen LogP contribution in [0, 0.1) is 35.5 Å². The predicted octanol–water partition coefficient (Wildman–Crippen LogP) is 3.10. The molecule has 0 aromatic heterocycles. The van der Waals surface area contributed by atoms with Gasteiger partial charge >= 0.3 is 6.18 Å². The lowest BCUT2D eigenvalue weighted by Crippen LogP contribution is -2.33. The van der Waals surface area contributed by atoms with Crippen molar-refractivity contribution in [2.45, 2.75) is 19.0 Å². The molecule has 4 aliphatic rings. The Morgan fingerprint density at radius 3 is 2.04 bits per heavy atom. The van der Waals surface area contributed by atoms with Crippen LogP contribution in [0.2, 0.25) is 0 Å². The third-order valence-corrected chi connectivity index (χ3v) is 6.29. The van der Waals surface area contributed by atoms with Crippen LogP contribution in [-0.2, 0) is 15.8 Å². The van der Waals surface area contributed by atoms with Crippen molar-refractivity contribution in [3.8, 4) is 0 Å². The zero-order valence-corrected chi connectivity index (χ0v) is 12.1. The minimum atomic E-state index is -4.49. The number of rotatable bonds is 1. The number of hydrogen-bond donors (Lipinski definition) is 0. The van der Waals surface area contributed by atoms with Gasteiger partial charge in [-0.05, 0) is 54.7 Å². The van der Waals surface area contributed by atoms with Crippen LogP contribution in [0.5, 0.6) is 0 Å². The largest absolute Gasteiger partial charge is 0.416 e. The first-order valence-corrected chi connectivity index (χ1v) is 7.93. The molecule has 1 aromatic carbocycles. The van der Waals surface area contributed by atoms with E-state index in [-0.39, 0.29) is 41.2 Å². The first kappa shape index (κ1) is 13.6. The number of anilines is 1. The number of alkyl halides is 3. The fourth-order valence-electron chi connectivity index (χ4n) is 5.40. The smallest absolute Gasteiger partial charge is 0.274 e. The number of nitrogens with zero attached hydrogens (tertiary/aromatic N) is 1. The van der Waals surface area contributed by atoms with Crippen LogP contribution in [0.25, 0.3) is 0 Å². The zero-order valence-electron chi connectivity index (χ0n) is 12.1. The molecular weight excluding hydrogens is 307 g/mol. The van der Waals surface area contributed by atoms with Gasteiger partial charge in [-0.2, -0.15) is 13.2 Å². The molecule has 5 rings (SSSR count). The molecule has 3 saturated carbocycles. The van der Waals surface area contributed by atoms with Gasteiger partial charge < -0.3 is 0 Å². The molecule has 1 aromatic rings. The van der Waals surface area contributed by atoms with E-state index in [1.807, 2.05) is 0 Å². The van der Waals surface area contributed by atoms with Crippen LogP contribution in [0.1, 0.15) is 18.4 Å². The highest BCUT2D eigenvalue weighted by molar-refractivity contribution is 6.22. The van der Waals surface area contributed by atoms with Gasteiger partial charge in [-0.3, -0.25) is 14.5 Å². The summed E-state index contributed by atoms with van der Waals surface area (Å²) in [6.07, 6.45) is -2.43. The molecule has 4 fully saturated rings. The summed E-state index contributed by atoms with van der Waals surface area (Å²) in [6, 6.07) is 4.52. The fraction of sp³-hybridized carbons (Fsp3) is 0.529. The second kappa shape index (κ2) is 3.97. The summed E-state index contributed by atoms with van der Waals surface area (Å²) in [6.45, 7) is 0. The lowest BCUT2D eigenvalue weighted by Gasteiger charge is -2.19. The Bertz CT molecular complexity index is 712. The summed E-state index contributed by atoms with van der Waals surface area (Å²) < 4.78 is 38.6. The average molecular weight is 321 g/mol. The van der Waals surface area contributed by atoms with E-state index in [0.29, 0.717) is 11.8 Å². The molecule has 1 heterocycles. The Hall–Kier alpha value is -1.85.